The van der Waals surface area contributed by atoms with Gasteiger partial charge in [0.15, 0.2) is 0 Å². The highest BCUT2D eigenvalue weighted by molar-refractivity contribution is 5.07. The number of nitrogens with one attached hydrogen (secondary N) is 1. The van der Waals surface area contributed by atoms with Crippen molar-refractivity contribution < 1.29 is 4.74 Å². The Kier molecular flexibility index (Phi) is 3.63. The molecule has 1 aromatic heterocycles. The number of aryl methyl sites for hydroxylation is 1. The van der Waals surface area contributed by atoms with Crippen molar-refractivity contribution in [3.8, 4) is 0 Å². The van der Waals surface area contributed by atoms with Crippen molar-refractivity contribution in [1.29, 1.82) is 0 Å². The van der Waals surface area contributed by atoms with E-state index in [-0.39, 0.29) is 5.56 Å². The Morgan fingerprint density at radius 1 is 1.53 bits per heavy atom. The van der Waals surface area contributed by atoms with Crippen LogP contribution in [0.1, 0.15) is 38.7 Å². The zero-order valence-corrected chi connectivity index (χ0v) is 9.76. The fourth-order valence-corrected chi connectivity index (χ4v) is 1.27. The van der Waals surface area contributed by atoms with Crippen LogP contribution < -0.4 is 5.56 Å². The predicted octanol–water partition coefficient (Wildman–Crippen LogP) is 1.60. The molecule has 0 unspecified atom stereocenters. The van der Waals surface area contributed by atoms with E-state index in [1.54, 1.807) is 13.2 Å². The third-order valence-electron chi connectivity index (χ3n) is 2.38. The molecule has 4 heteroatoms. The van der Waals surface area contributed by atoms with Gasteiger partial charge in [-0.15, -0.1) is 0 Å². The van der Waals surface area contributed by atoms with Crippen molar-refractivity contribution in [1.82, 2.24) is 9.97 Å². The fraction of sp³-hybridized carbons (Fsp3) is 0.636. The molecule has 0 saturated heterocycles. The molecular weight excluding hydrogens is 192 g/mol. The van der Waals surface area contributed by atoms with Gasteiger partial charge in [-0.2, -0.15) is 0 Å². The Morgan fingerprint density at radius 3 is 2.73 bits per heavy atom. The SMILES string of the molecule is CCCc1cc(=O)[nH]c(C(C)(C)OC)n1. The van der Waals surface area contributed by atoms with E-state index in [4.69, 9.17) is 4.74 Å². The zero-order valence-electron chi connectivity index (χ0n) is 9.76. The number of aromatic nitrogens is 2. The van der Waals surface area contributed by atoms with E-state index in [1.807, 2.05) is 13.8 Å². The van der Waals surface area contributed by atoms with Crippen LogP contribution in [0.4, 0.5) is 0 Å². The minimum Gasteiger partial charge on any atom is -0.371 e. The van der Waals surface area contributed by atoms with Gasteiger partial charge < -0.3 is 9.72 Å². The Bertz CT molecular complexity index is 382. The molecule has 0 atom stereocenters. The third-order valence-corrected chi connectivity index (χ3v) is 2.38. The first-order valence-corrected chi connectivity index (χ1v) is 5.15. The molecule has 0 aliphatic heterocycles. The van der Waals surface area contributed by atoms with Gasteiger partial charge in [0.05, 0.1) is 0 Å². The average molecular weight is 210 g/mol. The summed E-state index contributed by atoms with van der Waals surface area (Å²) in [6.07, 6.45) is 1.79. The monoisotopic (exact) mass is 210 g/mol. The van der Waals surface area contributed by atoms with Gasteiger partial charge in [0.1, 0.15) is 11.4 Å². The third kappa shape index (κ3) is 2.89. The number of ether oxygens (including phenoxy) is 1. The van der Waals surface area contributed by atoms with Gasteiger partial charge in [-0.3, -0.25) is 4.79 Å². The van der Waals surface area contributed by atoms with Crippen molar-refractivity contribution in [2.45, 2.75) is 39.2 Å². The van der Waals surface area contributed by atoms with Crippen molar-refractivity contribution in [2.24, 2.45) is 0 Å². The molecule has 1 heterocycles. The Balaban J connectivity index is 3.14. The number of nitrogens with zero attached hydrogens (tertiary/aromatic N) is 1. The summed E-state index contributed by atoms with van der Waals surface area (Å²) >= 11 is 0. The quantitative estimate of drug-likeness (QED) is 0.821. The topological polar surface area (TPSA) is 55.0 Å². The molecule has 1 N–H and O–H groups in total. The lowest BCUT2D eigenvalue weighted by Crippen LogP contribution is -2.27. The first-order chi connectivity index (χ1) is 6.99. The van der Waals surface area contributed by atoms with Crippen LogP contribution in [0, 0.1) is 0 Å². The number of H-pyrrole nitrogens is 1. The summed E-state index contributed by atoms with van der Waals surface area (Å²) in [6.45, 7) is 5.81. The second-order valence-electron chi connectivity index (χ2n) is 4.05. The molecule has 0 saturated carbocycles. The highest BCUT2D eigenvalue weighted by atomic mass is 16.5. The molecule has 1 aromatic rings. The molecule has 0 spiro atoms. The standard InChI is InChI=1S/C11H18N2O2/c1-5-6-8-7-9(14)13-10(12-8)11(2,3)15-4/h7H,5-6H2,1-4H3,(H,12,13,14). The average Bonchev–Trinajstić information content (AvgIpc) is 2.17. The molecule has 0 aromatic carbocycles. The molecule has 0 aliphatic carbocycles. The molecule has 0 fully saturated rings. The highest BCUT2D eigenvalue weighted by Gasteiger charge is 2.22. The number of aromatic amines is 1. The van der Waals surface area contributed by atoms with Gasteiger partial charge in [-0.1, -0.05) is 13.3 Å². The van der Waals surface area contributed by atoms with Crippen LogP contribution in [0.3, 0.4) is 0 Å². The van der Waals surface area contributed by atoms with Crippen molar-refractivity contribution >= 4 is 0 Å². The molecule has 84 valence electrons. The Morgan fingerprint density at radius 2 is 2.20 bits per heavy atom. The molecule has 1 rings (SSSR count). The molecule has 0 amide bonds. The molecule has 0 aliphatic rings. The molecule has 15 heavy (non-hydrogen) atoms. The van der Waals surface area contributed by atoms with Crippen LogP contribution in [-0.4, -0.2) is 17.1 Å². The maximum absolute atomic E-state index is 11.4. The Hall–Kier alpha value is -1.16. The number of methoxy groups -OCH3 is 1. The lowest BCUT2D eigenvalue weighted by molar-refractivity contribution is 0.0111. The summed E-state index contributed by atoms with van der Waals surface area (Å²) in [6, 6.07) is 1.54. The van der Waals surface area contributed by atoms with Crippen molar-refractivity contribution in [3.63, 3.8) is 0 Å². The minimum absolute atomic E-state index is 0.117. The van der Waals surface area contributed by atoms with Gasteiger partial charge in [0.2, 0.25) is 0 Å². The predicted molar refractivity (Wildman–Crippen MR) is 58.9 cm³/mol. The number of hydrogen-bond acceptors (Lipinski definition) is 3. The van der Waals surface area contributed by atoms with E-state index in [0.717, 1.165) is 18.5 Å². The van der Waals surface area contributed by atoms with E-state index in [1.165, 1.54) is 0 Å². The maximum atomic E-state index is 11.4. The second-order valence-corrected chi connectivity index (χ2v) is 4.05. The van der Waals surface area contributed by atoms with E-state index in [9.17, 15) is 4.79 Å². The van der Waals surface area contributed by atoms with E-state index >= 15 is 0 Å². The van der Waals surface area contributed by atoms with Crippen molar-refractivity contribution in [3.05, 3.63) is 27.9 Å². The summed E-state index contributed by atoms with van der Waals surface area (Å²) in [7, 11) is 1.60. The second kappa shape index (κ2) is 4.57. The van der Waals surface area contributed by atoms with Gasteiger partial charge in [-0.25, -0.2) is 4.98 Å². The van der Waals surface area contributed by atoms with E-state index in [2.05, 4.69) is 16.9 Å². The summed E-state index contributed by atoms with van der Waals surface area (Å²) in [4.78, 5) is 18.5. The number of rotatable bonds is 4. The van der Waals surface area contributed by atoms with Crippen LogP contribution in [0.25, 0.3) is 0 Å². The van der Waals surface area contributed by atoms with Gasteiger partial charge >= 0.3 is 0 Å². The summed E-state index contributed by atoms with van der Waals surface area (Å²) in [5.41, 5.74) is 0.151. The van der Waals surface area contributed by atoms with E-state index in [0.29, 0.717) is 5.82 Å². The number of hydrogen-bond donors (Lipinski definition) is 1. The lowest BCUT2D eigenvalue weighted by atomic mass is 10.1. The van der Waals surface area contributed by atoms with E-state index < -0.39 is 5.60 Å². The molecular formula is C11H18N2O2. The fourth-order valence-electron chi connectivity index (χ4n) is 1.27. The smallest absolute Gasteiger partial charge is 0.251 e. The van der Waals surface area contributed by atoms with Crippen LogP contribution in [-0.2, 0) is 16.8 Å². The normalized spacial score (nSPS) is 11.7. The minimum atomic E-state index is -0.553. The van der Waals surface area contributed by atoms with Gasteiger partial charge in [0, 0.05) is 18.9 Å². The van der Waals surface area contributed by atoms with Crippen LogP contribution in [0.15, 0.2) is 10.9 Å². The molecule has 4 nitrogen and oxygen atoms in total. The summed E-state index contributed by atoms with van der Waals surface area (Å²) in [5.74, 6) is 0.584. The van der Waals surface area contributed by atoms with Crippen LogP contribution >= 0.6 is 0 Å². The zero-order chi connectivity index (χ0) is 11.5. The highest BCUT2D eigenvalue weighted by Crippen LogP contribution is 2.18. The largest absolute Gasteiger partial charge is 0.371 e. The summed E-state index contributed by atoms with van der Waals surface area (Å²) in [5, 5.41) is 0. The maximum Gasteiger partial charge on any atom is 0.251 e. The molecule has 0 bridgehead atoms. The lowest BCUT2D eigenvalue weighted by Gasteiger charge is -2.21. The summed E-state index contributed by atoms with van der Waals surface area (Å²) < 4.78 is 5.28. The van der Waals surface area contributed by atoms with Gasteiger partial charge in [0.25, 0.3) is 5.56 Å². The van der Waals surface area contributed by atoms with Crippen LogP contribution in [0.2, 0.25) is 0 Å². The molecule has 0 radical (unpaired) electrons. The van der Waals surface area contributed by atoms with Gasteiger partial charge in [-0.05, 0) is 20.3 Å². The van der Waals surface area contributed by atoms with Crippen molar-refractivity contribution in [2.75, 3.05) is 7.11 Å². The first-order valence-electron chi connectivity index (χ1n) is 5.15. The first kappa shape index (κ1) is 11.9. The Labute approximate surface area is 89.7 Å². The van der Waals surface area contributed by atoms with Crippen LogP contribution in [0.5, 0.6) is 0 Å².